The van der Waals surface area contributed by atoms with Gasteiger partial charge in [0.1, 0.15) is 5.82 Å². The fourth-order valence-electron chi connectivity index (χ4n) is 3.54. The van der Waals surface area contributed by atoms with Crippen LogP contribution in [0.3, 0.4) is 0 Å². The van der Waals surface area contributed by atoms with Crippen LogP contribution in [-0.4, -0.2) is 40.3 Å². The fourth-order valence-corrected chi connectivity index (χ4v) is 5.52. The highest BCUT2D eigenvalue weighted by Gasteiger charge is 2.31. The van der Waals surface area contributed by atoms with Crippen LogP contribution in [0.1, 0.15) is 26.2 Å². The molecule has 1 fully saturated rings. The maximum Gasteiger partial charge on any atom is 0.264 e. The third-order valence-corrected chi connectivity index (χ3v) is 7.50. The van der Waals surface area contributed by atoms with E-state index in [1.165, 1.54) is 42.5 Å². The summed E-state index contributed by atoms with van der Waals surface area (Å²) in [5, 5.41) is 3.96. The number of benzene rings is 2. The molecular formula is C21H25Cl2FN2O3S. The number of hydrogen-bond acceptors (Lipinski definition) is 4. The molecule has 1 aliphatic rings. The van der Waals surface area contributed by atoms with Crippen LogP contribution in [0.25, 0.3) is 0 Å². The zero-order valence-electron chi connectivity index (χ0n) is 16.7. The highest BCUT2D eigenvalue weighted by Crippen LogP contribution is 2.32. The van der Waals surface area contributed by atoms with Crippen molar-refractivity contribution in [1.29, 1.82) is 0 Å². The number of anilines is 1. The minimum Gasteiger partial charge on any atom is -0.376 e. The molecule has 0 saturated carbocycles. The summed E-state index contributed by atoms with van der Waals surface area (Å²) in [6, 6.07) is 9.26. The Balaban J connectivity index is 1.87. The van der Waals surface area contributed by atoms with Gasteiger partial charge in [0.2, 0.25) is 0 Å². The van der Waals surface area contributed by atoms with E-state index in [0.717, 1.165) is 30.2 Å². The van der Waals surface area contributed by atoms with Crippen molar-refractivity contribution < 1.29 is 17.5 Å². The highest BCUT2D eigenvalue weighted by molar-refractivity contribution is 7.92. The third-order valence-electron chi connectivity index (χ3n) is 5.07. The summed E-state index contributed by atoms with van der Waals surface area (Å²) in [5.74, 6) is -0.649. The lowest BCUT2D eigenvalue weighted by molar-refractivity contribution is 0.0220. The molecule has 0 radical (unpaired) electrons. The van der Waals surface area contributed by atoms with E-state index in [2.05, 4.69) is 5.32 Å². The number of morpholine rings is 1. The molecule has 0 aliphatic carbocycles. The molecule has 0 bridgehead atoms. The smallest absolute Gasteiger partial charge is 0.264 e. The Hall–Kier alpha value is -1.38. The quantitative estimate of drug-likeness (QED) is 0.592. The van der Waals surface area contributed by atoms with E-state index >= 15 is 0 Å². The van der Waals surface area contributed by atoms with Crippen LogP contribution in [0.5, 0.6) is 0 Å². The van der Waals surface area contributed by atoms with Gasteiger partial charge >= 0.3 is 0 Å². The van der Waals surface area contributed by atoms with Gasteiger partial charge in [-0.2, -0.15) is 0 Å². The molecule has 1 saturated heterocycles. The monoisotopic (exact) mass is 474 g/mol. The number of hydrogen-bond donors (Lipinski definition) is 1. The molecule has 2 unspecified atom stereocenters. The van der Waals surface area contributed by atoms with Gasteiger partial charge in [0.05, 0.1) is 23.3 Å². The fraction of sp³-hybridized carbons (Fsp3) is 0.429. The second kappa shape index (κ2) is 10.3. The molecule has 2 aromatic rings. The van der Waals surface area contributed by atoms with E-state index in [1.54, 1.807) is 6.92 Å². The molecular weight excluding hydrogens is 450 g/mol. The van der Waals surface area contributed by atoms with Crippen LogP contribution < -0.4 is 9.62 Å². The molecule has 0 amide bonds. The zero-order chi connectivity index (χ0) is 21.7. The van der Waals surface area contributed by atoms with Gasteiger partial charge in [0.15, 0.2) is 0 Å². The Morgan fingerprint density at radius 1 is 1.20 bits per heavy atom. The second-order valence-electron chi connectivity index (χ2n) is 7.33. The van der Waals surface area contributed by atoms with Gasteiger partial charge in [-0.3, -0.25) is 4.31 Å². The van der Waals surface area contributed by atoms with Crippen molar-refractivity contribution in [2.75, 3.05) is 24.0 Å². The van der Waals surface area contributed by atoms with Gasteiger partial charge < -0.3 is 10.1 Å². The Morgan fingerprint density at radius 3 is 2.57 bits per heavy atom. The molecule has 5 nitrogen and oxygen atoms in total. The number of rotatable bonds is 8. The zero-order valence-corrected chi connectivity index (χ0v) is 19.0. The predicted molar refractivity (Wildman–Crippen MR) is 118 cm³/mol. The summed E-state index contributed by atoms with van der Waals surface area (Å²) in [5.41, 5.74) is -0.0690. The van der Waals surface area contributed by atoms with Crippen molar-refractivity contribution in [3.05, 3.63) is 58.3 Å². The van der Waals surface area contributed by atoms with E-state index in [4.69, 9.17) is 27.9 Å². The average molecular weight is 475 g/mol. The van der Waals surface area contributed by atoms with E-state index in [1.807, 2.05) is 0 Å². The molecule has 0 spiro atoms. The number of ether oxygens (including phenoxy) is 1. The lowest BCUT2D eigenvalue weighted by Gasteiger charge is -2.31. The van der Waals surface area contributed by atoms with Crippen LogP contribution in [0.2, 0.25) is 10.0 Å². The maximum absolute atomic E-state index is 14.7. The van der Waals surface area contributed by atoms with Crippen LogP contribution >= 0.6 is 23.2 Å². The first-order chi connectivity index (χ1) is 14.3. The molecule has 2 aromatic carbocycles. The van der Waals surface area contributed by atoms with E-state index in [0.29, 0.717) is 18.1 Å². The van der Waals surface area contributed by atoms with Gasteiger partial charge in [0.25, 0.3) is 10.0 Å². The first-order valence-corrected chi connectivity index (χ1v) is 12.1. The largest absolute Gasteiger partial charge is 0.376 e. The Morgan fingerprint density at radius 2 is 1.90 bits per heavy atom. The van der Waals surface area contributed by atoms with Gasteiger partial charge in [-0.15, -0.1) is 0 Å². The first-order valence-electron chi connectivity index (χ1n) is 9.86. The summed E-state index contributed by atoms with van der Waals surface area (Å²) in [6.07, 6.45) is 2.18. The Bertz CT molecular complexity index is 951. The summed E-state index contributed by atoms with van der Waals surface area (Å²) in [7, 11) is -4.03. The molecule has 1 N–H and O–H groups in total. The van der Waals surface area contributed by atoms with Crippen molar-refractivity contribution in [2.24, 2.45) is 0 Å². The number of sulfonamides is 1. The third kappa shape index (κ3) is 5.65. The molecule has 9 heteroatoms. The number of halogens is 3. The van der Waals surface area contributed by atoms with Crippen LogP contribution in [-0.2, 0) is 14.8 Å². The standard InChI is InChI=1S/C21H25Cl2FN2O3S/c1-15(3-2-4-18-14-25-11-12-29-18)26(21-13-17(23)7-10-20(21)24)30(27,28)19-8-5-16(22)6-9-19/h5-10,13,15,18,25H,2-4,11-12,14H2,1H3. The van der Waals surface area contributed by atoms with Crippen molar-refractivity contribution in [1.82, 2.24) is 5.32 Å². The van der Waals surface area contributed by atoms with Crippen molar-refractivity contribution in [2.45, 2.75) is 43.2 Å². The van der Waals surface area contributed by atoms with Gasteiger partial charge in [-0.1, -0.05) is 23.2 Å². The molecule has 164 valence electrons. The van der Waals surface area contributed by atoms with E-state index < -0.39 is 21.9 Å². The topological polar surface area (TPSA) is 58.6 Å². The molecule has 2 atom stereocenters. The van der Waals surface area contributed by atoms with Gasteiger partial charge in [0, 0.05) is 29.2 Å². The molecule has 1 heterocycles. The summed E-state index contributed by atoms with van der Waals surface area (Å²) < 4.78 is 48.4. The minimum atomic E-state index is -4.03. The SMILES string of the molecule is CC(CCCC1CNCCO1)N(c1cc(Cl)ccc1F)S(=O)(=O)c1ccc(Cl)cc1. The Kier molecular flexibility index (Phi) is 7.98. The van der Waals surface area contributed by atoms with Gasteiger partial charge in [-0.05, 0) is 68.7 Å². The van der Waals surface area contributed by atoms with Crippen LogP contribution in [0.4, 0.5) is 10.1 Å². The van der Waals surface area contributed by atoms with Crippen molar-refractivity contribution in [3.8, 4) is 0 Å². The molecule has 1 aliphatic heterocycles. The molecule has 3 rings (SSSR count). The number of nitrogens with one attached hydrogen (secondary N) is 1. The lowest BCUT2D eigenvalue weighted by Crippen LogP contribution is -2.40. The maximum atomic E-state index is 14.7. The van der Waals surface area contributed by atoms with Gasteiger partial charge in [-0.25, -0.2) is 12.8 Å². The summed E-state index contributed by atoms with van der Waals surface area (Å²) >= 11 is 12.0. The molecule has 30 heavy (non-hydrogen) atoms. The molecule has 0 aromatic heterocycles. The minimum absolute atomic E-state index is 0.0398. The van der Waals surface area contributed by atoms with E-state index in [9.17, 15) is 12.8 Å². The van der Waals surface area contributed by atoms with E-state index in [-0.39, 0.29) is 21.7 Å². The predicted octanol–water partition coefficient (Wildman–Crippen LogP) is 4.88. The number of nitrogens with zero attached hydrogens (tertiary/aromatic N) is 1. The summed E-state index contributed by atoms with van der Waals surface area (Å²) in [4.78, 5) is 0.0398. The van der Waals surface area contributed by atoms with Crippen LogP contribution in [0.15, 0.2) is 47.4 Å². The lowest BCUT2D eigenvalue weighted by atomic mass is 10.1. The average Bonchev–Trinajstić information content (AvgIpc) is 2.72. The second-order valence-corrected chi connectivity index (χ2v) is 10.0. The highest BCUT2D eigenvalue weighted by atomic mass is 35.5. The van der Waals surface area contributed by atoms with Crippen molar-refractivity contribution >= 4 is 38.9 Å². The van der Waals surface area contributed by atoms with Crippen molar-refractivity contribution in [3.63, 3.8) is 0 Å². The normalized spacial score (nSPS) is 18.2. The summed E-state index contributed by atoms with van der Waals surface area (Å²) in [6.45, 7) is 4.07. The Labute approximate surface area is 187 Å². The van der Waals surface area contributed by atoms with Crippen LogP contribution in [0, 0.1) is 5.82 Å². The first kappa shape index (κ1) is 23.3.